The van der Waals surface area contributed by atoms with E-state index in [1.807, 2.05) is 0 Å². The summed E-state index contributed by atoms with van der Waals surface area (Å²) < 4.78 is 13.1. The number of benzene rings is 1. The van der Waals surface area contributed by atoms with Crippen LogP contribution in [0.2, 0.25) is 5.02 Å². The minimum Gasteiger partial charge on any atom is -0.481 e. The number of halogens is 2. The largest absolute Gasteiger partial charge is 0.481 e. The number of hydrogen-bond donors (Lipinski definition) is 1. The standard InChI is InChI=1S/C9H8ClFO2/c1-5(9(12)13)8-6(10)3-2-4-7(8)11/h2-5H,1H3,(H,12,13). The van der Waals surface area contributed by atoms with Crippen LogP contribution in [0.25, 0.3) is 0 Å². The Morgan fingerprint density at radius 2 is 2.23 bits per heavy atom. The van der Waals surface area contributed by atoms with Gasteiger partial charge in [-0.2, -0.15) is 0 Å². The first-order valence-corrected chi connectivity index (χ1v) is 4.08. The molecule has 0 amide bonds. The lowest BCUT2D eigenvalue weighted by Gasteiger charge is -2.09. The first-order valence-electron chi connectivity index (χ1n) is 3.70. The molecule has 0 saturated carbocycles. The van der Waals surface area contributed by atoms with Crippen LogP contribution in [0.3, 0.4) is 0 Å². The van der Waals surface area contributed by atoms with E-state index in [1.54, 1.807) is 0 Å². The number of carbonyl (C=O) groups is 1. The Labute approximate surface area is 80.0 Å². The monoisotopic (exact) mass is 202 g/mol. The van der Waals surface area contributed by atoms with Crippen LogP contribution in [-0.4, -0.2) is 11.1 Å². The van der Waals surface area contributed by atoms with Gasteiger partial charge in [-0.25, -0.2) is 4.39 Å². The number of carboxylic acids is 1. The maximum absolute atomic E-state index is 13.1. The molecule has 1 N–H and O–H groups in total. The molecular formula is C9H8ClFO2. The topological polar surface area (TPSA) is 37.3 Å². The molecule has 1 atom stereocenters. The SMILES string of the molecule is CC(C(=O)O)c1c(F)cccc1Cl. The van der Waals surface area contributed by atoms with Crippen molar-refractivity contribution in [3.05, 3.63) is 34.6 Å². The zero-order valence-electron chi connectivity index (χ0n) is 6.92. The summed E-state index contributed by atoms with van der Waals surface area (Å²) in [7, 11) is 0. The molecule has 0 fully saturated rings. The smallest absolute Gasteiger partial charge is 0.310 e. The lowest BCUT2D eigenvalue weighted by atomic mass is 10.0. The third-order valence-corrected chi connectivity index (χ3v) is 2.13. The molecule has 0 spiro atoms. The molecule has 0 bridgehead atoms. The van der Waals surface area contributed by atoms with E-state index in [4.69, 9.17) is 16.7 Å². The summed E-state index contributed by atoms with van der Waals surface area (Å²) >= 11 is 5.67. The summed E-state index contributed by atoms with van der Waals surface area (Å²) in [6.07, 6.45) is 0. The number of carboxylic acid groups (broad SMARTS) is 1. The van der Waals surface area contributed by atoms with Gasteiger partial charge in [0.1, 0.15) is 5.82 Å². The Morgan fingerprint density at radius 1 is 1.62 bits per heavy atom. The lowest BCUT2D eigenvalue weighted by Crippen LogP contribution is -2.09. The molecular weight excluding hydrogens is 195 g/mol. The molecule has 70 valence electrons. The van der Waals surface area contributed by atoms with Crippen LogP contribution < -0.4 is 0 Å². The van der Waals surface area contributed by atoms with Crippen LogP contribution in [0.15, 0.2) is 18.2 Å². The molecule has 4 heteroatoms. The van der Waals surface area contributed by atoms with Crippen molar-refractivity contribution in [3.8, 4) is 0 Å². The van der Waals surface area contributed by atoms with Gasteiger partial charge in [0.05, 0.1) is 5.92 Å². The summed E-state index contributed by atoms with van der Waals surface area (Å²) in [5.41, 5.74) is 0.0386. The van der Waals surface area contributed by atoms with Crippen molar-refractivity contribution in [2.75, 3.05) is 0 Å². The Bertz CT molecular complexity index is 318. The lowest BCUT2D eigenvalue weighted by molar-refractivity contribution is -0.138. The van der Waals surface area contributed by atoms with Crippen molar-refractivity contribution in [1.29, 1.82) is 0 Å². The van der Waals surface area contributed by atoms with Gasteiger partial charge in [0.15, 0.2) is 0 Å². The second-order valence-electron chi connectivity index (χ2n) is 2.70. The van der Waals surface area contributed by atoms with Crippen molar-refractivity contribution < 1.29 is 14.3 Å². The highest BCUT2D eigenvalue weighted by Gasteiger charge is 2.20. The number of hydrogen-bond acceptors (Lipinski definition) is 1. The van der Waals surface area contributed by atoms with Gasteiger partial charge in [-0.15, -0.1) is 0 Å². The van der Waals surface area contributed by atoms with Crippen LogP contribution in [-0.2, 0) is 4.79 Å². The van der Waals surface area contributed by atoms with Gasteiger partial charge in [-0.1, -0.05) is 17.7 Å². The summed E-state index contributed by atoms with van der Waals surface area (Å²) in [6, 6.07) is 4.11. The maximum Gasteiger partial charge on any atom is 0.310 e. The van der Waals surface area contributed by atoms with Crippen molar-refractivity contribution in [2.24, 2.45) is 0 Å². The minimum absolute atomic E-state index is 0.0386. The summed E-state index contributed by atoms with van der Waals surface area (Å²) in [5.74, 6) is -2.59. The molecule has 2 nitrogen and oxygen atoms in total. The van der Waals surface area contributed by atoms with E-state index in [0.29, 0.717) is 0 Å². The van der Waals surface area contributed by atoms with Crippen LogP contribution in [0.4, 0.5) is 4.39 Å². The van der Waals surface area contributed by atoms with Crippen molar-refractivity contribution in [1.82, 2.24) is 0 Å². The Balaban J connectivity index is 3.20. The maximum atomic E-state index is 13.1. The highest BCUT2D eigenvalue weighted by molar-refractivity contribution is 6.31. The number of aliphatic carboxylic acids is 1. The van der Waals surface area contributed by atoms with E-state index >= 15 is 0 Å². The van der Waals surface area contributed by atoms with Crippen molar-refractivity contribution >= 4 is 17.6 Å². The van der Waals surface area contributed by atoms with E-state index < -0.39 is 17.7 Å². The van der Waals surface area contributed by atoms with E-state index in [2.05, 4.69) is 0 Å². The molecule has 0 aliphatic heterocycles. The third-order valence-electron chi connectivity index (χ3n) is 1.80. The predicted molar refractivity (Wildman–Crippen MR) is 47.5 cm³/mol. The highest BCUT2D eigenvalue weighted by Crippen LogP contribution is 2.26. The van der Waals surface area contributed by atoms with Crippen molar-refractivity contribution in [3.63, 3.8) is 0 Å². The predicted octanol–water partition coefficient (Wildman–Crippen LogP) is 2.67. The number of rotatable bonds is 2. The Kier molecular flexibility index (Phi) is 2.88. The molecule has 0 radical (unpaired) electrons. The van der Waals surface area contributed by atoms with Crippen LogP contribution in [0.1, 0.15) is 18.4 Å². The summed E-state index contributed by atoms with van der Waals surface area (Å²) in [4.78, 5) is 10.6. The zero-order valence-corrected chi connectivity index (χ0v) is 7.68. The average Bonchev–Trinajstić information content (AvgIpc) is 2.03. The first kappa shape index (κ1) is 9.99. The fourth-order valence-electron chi connectivity index (χ4n) is 1.05. The molecule has 0 aliphatic rings. The Morgan fingerprint density at radius 3 is 2.69 bits per heavy atom. The fourth-order valence-corrected chi connectivity index (χ4v) is 1.37. The molecule has 0 heterocycles. The minimum atomic E-state index is -1.09. The molecule has 1 unspecified atom stereocenters. The van der Waals surface area contributed by atoms with Gasteiger partial charge in [0.25, 0.3) is 0 Å². The van der Waals surface area contributed by atoms with E-state index in [9.17, 15) is 9.18 Å². The van der Waals surface area contributed by atoms with Gasteiger partial charge in [-0.3, -0.25) is 4.79 Å². The van der Waals surface area contributed by atoms with E-state index in [-0.39, 0.29) is 10.6 Å². The molecule has 0 saturated heterocycles. The molecule has 0 aromatic heterocycles. The third kappa shape index (κ3) is 1.98. The van der Waals surface area contributed by atoms with Gasteiger partial charge in [-0.05, 0) is 19.1 Å². The van der Waals surface area contributed by atoms with Crippen molar-refractivity contribution in [2.45, 2.75) is 12.8 Å². The van der Waals surface area contributed by atoms with Gasteiger partial charge in [0.2, 0.25) is 0 Å². The zero-order chi connectivity index (χ0) is 10.0. The summed E-state index contributed by atoms with van der Waals surface area (Å²) in [5, 5.41) is 8.81. The first-order chi connectivity index (χ1) is 6.04. The van der Waals surface area contributed by atoms with Gasteiger partial charge < -0.3 is 5.11 Å². The Hall–Kier alpha value is -1.09. The normalized spacial score (nSPS) is 12.5. The second-order valence-corrected chi connectivity index (χ2v) is 3.10. The fraction of sp³-hybridized carbons (Fsp3) is 0.222. The molecule has 1 aromatic carbocycles. The van der Waals surface area contributed by atoms with Crippen LogP contribution in [0.5, 0.6) is 0 Å². The summed E-state index contributed by atoms with van der Waals surface area (Å²) in [6.45, 7) is 1.40. The van der Waals surface area contributed by atoms with E-state index in [1.165, 1.54) is 25.1 Å². The second kappa shape index (κ2) is 3.75. The molecule has 0 aliphatic carbocycles. The van der Waals surface area contributed by atoms with Gasteiger partial charge >= 0.3 is 5.97 Å². The highest BCUT2D eigenvalue weighted by atomic mass is 35.5. The van der Waals surface area contributed by atoms with Crippen LogP contribution in [0, 0.1) is 5.82 Å². The van der Waals surface area contributed by atoms with Gasteiger partial charge in [0, 0.05) is 10.6 Å². The molecule has 1 rings (SSSR count). The quantitative estimate of drug-likeness (QED) is 0.801. The van der Waals surface area contributed by atoms with Crippen LogP contribution >= 0.6 is 11.6 Å². The molecule has 13 heavy (non-hydrogen) atoms. The molecule has 1 aromatic rings. The van der Waals surface area contributed by atoms with E-state index in [0.717, 1.165) is 0 Å². The average molecular weight is 203 g/mol.